The van der Waals surface area contributed by atoms with Crippen LogP contribution >= 0.6 is 11.8 Å². The van der Waals surface area contributed by atoms with Crippen LogP contribution in [0.4, 0.5) is 0 Å². The molecule has 0 amide bonds. The highest BCUT2D eigenvalue weighted by Crippen LogP contribution is 2.36. The van der Waals surface area contributed by atoms with Crippen LogP contribution in [0, 0.1) is 13.8 Å². The molecule has 0 saturated heterocycles. The van der Waals surface area contributed by atoms with Gasteiger partial charge in [0.05, 0.1) is 7.11 Å². The molecule has 154 valence electrons. The van der Waals surface area contributed by atoms with Gasteiger partial charge in [0.15, 0.2) is 8.07 Å². The van der Waals surface area contributed by atoms with E-state index < -0.39 is 8.07 Å². The number of methoxy groups -OCH3 is 1. The minimum Gasteiger partial charge on any atom is -0.496 e. The van der Waals surface area contributed by atoms with Gasteiger partial charge in [-0.05, 0) is 75.2 Å². The Labute approximate surface area is 190 Å². The van der Waals surface area contributed by atoms with Gasteiger partial charge in [0.1, 0.15) is 5.75 Å². The molecule has 0 aliphatic carbocycles. The largest absolute Gasteiger partial charge is 0.496 e. The van der Waals surface area contributed by atoms with Gasteiger partial charge in [-0.1, -0.05) is 72.8 Å². The molecule has 1 nitrogen and oxygen atoms in total. The van der Waals surface area contributed by atoms with Gasteiger partial charge in [-0.3, -0.25) is 0 Å². The second-order valence-electron chi connectivity index (χ2n) is 8.22. The van der Waals surface area contributed by atoms with Crippen LogP contribution in [-0.4, -0.2) is 21.4 Å². The van der Waals surface area contributed by atoms with Crippen LogP contribution in [0.1, 0.15) is 11.1 Å². The van der Waals surface area contributed by atoms with Crippen LogP contribution in [0.2, 0.25) is 0 Å². The normalized spacial score (nSPS) is 13.5. The first kappa shape index (κ1) is 20.2. The molecule has 31 heavy (non-hydrogen) atoms. The Hall–Kier alpha value is -2.75. The van der Waals surface area contributed by atoms with E-state index in [4.69, 9.17) is 4.74 Å². The summed E-state index contributed by atoms with van der Waals surface area (Å²) in [6.07, 6.45) is 2.17. The van der Waals surface area contributed by atoms with Gasteiger partial charge in [-0.2, -0.15) is 0 Å². The lowest BCUT2D eigenvalue weighted by Crippen LogP contribution is -2.72. The highest BCUT2D eigenvalue weighted by Gasteiger charge is 2.49. The van der Waals surface area contributed by atoms with Crippen molar-refractivity contribution in [3.05, 3.63) is 96.1 Å². The van der Waals surface area contributed by atoms with Crippen molar-refractivity contribution in [2.75, 3.05) is 13.4 Å². The zero-order chi connectivity index (χ0) is 21.6. The van der Waals surface area contributed by atoms with Gasteiger partial charge in [-0.15, -0.1) is 11.8 Å². The molecule has 1 aliphatic rings. The van der Waals surface area contributed by atoms with E-state index >= 15 is 0 Å². The minimum atomic E-state index is -2.42. The summed E-state index contributed by atoms with van der Waals surface area (Å²) in [6, 6.07) is 31.8. The summed E-state index contributed by atoms with van der Waals surface area (Å²) in [4.78, 5) is 1.34. The van der Waals surface area contributed by atoms with Gasteiger partial charge in [0, 0.05) is 4.90 Å². The Morgan fingerprint density at radius 3 is 1.71 bits per heavy atom. The second kappa shape index (κ2) is 7.74. The standard InChI is InChI=1S/C28H26OSSi/c1-19-15-27-23(17-25(19)29-3)24-18-26(30-4)20(2)16-28(24)31(27,21-11-7-5-8-12-21)22-13-9-6-10-14-22/h5-18H,1-4H3. The maximum Gasteiger partial charge on any atom is 0.180 e. The van der Waals surface area contributed by atoms with Crippen molar-refractivity contribution in [3.63, 3.8) is 0 Å². The van der Waals surface area contributed by atoms with Crippen molar-refractivity contribution in [3.8, 4) is 16.9 Å². The predicted octanol–water partition coefficient (Wildman–Crippen LogP) is 4.39. The molecule has 0 atom stereocenters. The third-order valence-corrected chi connectivity index (χ3v) is 12.3. The Balaban J connectivity index is 1.99. The van der Waals surface area contributed by atoms with Crippen molar-refractivity contribution < 1.29 is 4.74 Å². The molecule has 0 unspecified atom stereocenters. The molecule has 0 spiro atoms. The zero-order valence-corrected chi connectivity index (χ0v) is 20.2. The quantitative estimate of drug-likeness (QED) is 0.304. The minimum absolute atomic E-state index is 0.960. The zero-order valence-electron chi connectivity index (χ0n) is 18.4. The van der Waals surface area contributed by atoms with E-state index in [1.165, 1.54) is 47.9 Å². The van der Waals surface area contributed by atoms with E-state index in [1.807, 2.05) is 11.8 Å². The summed E-state index contributed by atoms with van der Waals surface area (Å²) in [6.45, 7) is 4.41. The van der Waals surface area contributed by atoms with Crippen molar-refractivity contribution in [1.29, 1.82) is 0 Å². The molecular formula is C28H26OSSi. The lowest BCUT2D eigenvalue weighted by molar-refractivity contribution is 0.412. The van der Waals surface area contributed by atoms with Crippen molar-refractivity contribution >= 4 is 40.6 Å². The van der Waals surface area contributed by atoms with Crippen molar-refractivity contribution in [2.45, 2.75) is 18.7 Å². The SMILES string of the molecule is COc1cc2c(cc1C)[Si](c1ccccc1)(c1ccccc1)c1cc(C)c(SC)cc1-2. The molecule has 0 fully saturated rings. The second-order valence-corrected chi connectivity index (χ2v) is 12.8. The molecule has 4 aromatic carbocycles. The maximum absolute atomic E-state index is 5.76. The molecule has 1 heterocycles. The number of thioether (sulfide) groups is 1. The summed E-state index contributed by atoms with van der Waals surface area (Å²) in [7, 11) is -0.655. The van der Waals surface area contributed by atoms with E-state index in [0.29, 0.717) is 0 Å². The van der Waals surface area contributed by atoms with Crippen LogP contribution in [0.3, 0.4) is 0 Å². The van der Waals surface area contributed by atoms with E-state index in [-0.39, 0.29) is 0 Å². The number of benzene rings is 4. The predicted molar refractivity (Wildman–Crippen MR) is 137 cm³/mol. The summed E-state index contributed by atoms with van der Waals surface area (Å²) in [5.41, 5.74) is 5.24. The highest BCUT2D eigenvalue weighted by atomic mass is 32.2. The molecule has 1 aliphatic heterocycles. The molecule has 0 saturated carbocycles. The van der Waals surface area contributed by atoms with Crippen molar-refractivity contribution in [1.82, 2.24) is 0 Å². The third kappa shape index (κ3) is 2.91. The van der Waals surface area contributed by atoms with Crippen LogP contribution in [0.15, 0.2) is 89.8 Å². The topological polar surface area (TPSA) is 9.23 Å². The van der Waals surface area contributed by atoms with Gasteiger partial charge in [-0.25, -0.2) is 0 Å². The molecule has 4 aromatic rings. The Bertz CT molecular complexity index is 1160. The first-order valence-electron chi connectivity index (χ1n) is 10.6. The smallest absolute Gasteiger partial charge is 0.180 e. The van der Waals surface area contributed by atoms with Crippen molar-refractivity contribution in [2.24, 2.45) is 0 Å². The fourth-order valence-electron chi connectivity index (χ4n) is 5.19. The van der Waals surface area contributed by atoms with Crippen LogP contribution in [-0.2, 0) is 0 Å². The molecule has 0 N–H and O–H groups in total. The molecule has 0 radical (unpaired) electrons. The lowest BCUT2D eigenvalue weighted by atomic mass is 10.0. The number of rotatable bonds is 4. The fourth-order valence-corrected chi connectivity index (χ4v) is 11.1. The summed E-state index contributed by atoms with van der Waals surface area (Å²) in [5, 5.41) is 5.82. The van der Waals surface area contributed by atoms with Crippen LogP contribution in [0.25, 0.3) is 11.1 Å². The molecular weight excluding hydrogens is 412 g/mol. The summed E-state index contributed by atoms with van der Waals surface area (Å²) in [5.74, 6) is 0.960. The molecule has 5 rings (SSSR count). The van der Waals surface area contributed by atoms with E-state index in [1.54, 1.807) is 7.11 Å². The molecule has 3 heteroatoms. The third-order valence-electron chi connectivity index (χ3n) is 6.58. The number of aryl methyl sites for hydroxylation is 2. The van der Waals surface area contributed by atoms with Crippen LogP contribution < -0.4 is 25.5 Å². The molecule has 0 aromatic heterocycles. The molecule has 0 bridgehead atoms. The van der Waals surface area contributed by atoms with E-state index in [9.17, 15) is 0 Å². The number of hydrogen-bond donors (Lipinski definition) is 0. The van der Waals surface area contributed by atoms with Gasteiger partial charge >= 0.3 is 0 Å². The average molecular weight is 439 g/mol. The van der Waals surface area contributed by atoms with Crippen LogP contribution in [0.5, 0.6) is 5.75 Å². The number of fused-ring (bicyclic) bond motifs is 3. The van der Waals surface area contributed by atoms with Gasteiger partial charge in [0.25, 0.3) is 0 Å². The van der Waals surface area contributed by atoms with E-state index in [0.717, 1.165) is 5.75 Å². The van der Waals surface area contributed by atoms with Gasteiger partial charge in [0.2, 0.25) is 0 Å². The number of hydrogen-bond acceptors (Lipinski definition) is 2. The summed E-state index contributed by atoms with van der Waals surface area (Å²) < 4.78 is 5.76. The number of ether oxygens (including phenoxy) is 1. The Morgan fingerprint density at radius 1 is 0.677 bits per heavy atom. The Morgan fingerprint density at radius 2 is 1.19 bits per heavy atom. The van der Waals surface area contributed by atoms with Gasteiger partial charge < -0.3 is 4.74 Å². The maximum atomic E-state index is 5.76. The highest BCUT2D eigenvalue weighted by molar-refractivity contribution is 7.98. The first-order chi connectivity index (χ1) is 15.1. The Kier molecular flexibility index (Phi) is 5.03. The fraction of sp³-hybridized carbons (Fsp3) is 0.143. The summed E-state index contributed by atoms with van der Waals surface area (Å²) >= 11 is 1.83. The monoisotopic (exact) mass is 438 g/mol. The van der Waals surface area contributed by atoms with E-state index in [2.05, 4.69) is 105 Å². The lowest BCUT2D eigenvalue weighted by Gasteiger charge is -2.32. The first-order valence-corrected chi connectivity index (χ1v) is 13.8. The average Bonchev–Trinajstić information content (AvgIpc) is 3.07.